The van der Waals surface area contributed by atoms with Gasteiger partial charge in [-0.05, 0) is 46.7 Å². The van der Waals surface area contributed by atoms with E-state index in [9.17, 15) is 18.7 Å². The smallest absolute Gasteiger partial charge is 0.258 e. The molecule has 0 heterocycles. The van der Waals surface area contributed by atoms with Crippen molar-refractivity contribution in [3.05, 3.63) is 63.9 Å². The number of carbonyl (C=O) groups excluding carboxylic acids is 1. The molecule has 0 radical (unpaired) electrons. The molecule has 0 atom stereocenters. The fraction of sp³-hybridized carbons (Fsp3) is 0.318. The van der Waals surface area contributed by atoms with Gasteiger partial charge in [0.25, 0.3) is 5.91 Å². The van der Waals surface area contributed by atoms with Crippen LogP contribution in [0.2, 0.25) is 5.02 Å². The Bertz CT molecular complexity index is 900. The molecule has 1 amide bonds. The van der Waals surface area contributed by atoms with Crippen LogP contribution >= 0.6 is 11.6 Å². The Balaban J connectivity index is 2.30. The van der Waals surface area contributed by atoms with Gasteiger partial charge in [-0.3, -0.25) is 4.79 Å². The third kappa shape index (κ3) is 5.70. The molecule has 0 aromatic heterocycles. The number of ether oxygens (including phenoxy) is 1. The maximum Gasteiger partial charge on any atom is 0.258 e. The van der Waals surface area contributed by atoms with Crippen LogP contribution in [-0.4, -0.2) is 30.8 Å². The predicted octanol–water partition coefficient (Wildman–Crippen LogP) is 5.01. The minimum absolute atomic E-state index is 0.124. The van der Waals surface area contributed by atoms with Gasteiger partial charge < -0.3 is 15.2 Å². The van der Waals surface area contributed by atoms with Gasteiger partial charge in [0.05, 0.1) is 5.02 Å². The third-order valence-corrected chi connectivity index (χ3v) is 4.79. The van der Waals surface area contributed by atoms with Crippen LogP contribution in [0.25, 0.3) is 6.08 Å². The molecular weight excluding hydrogens is 400 g/mol. The number of hydrogen-bond donors (Lipinski definition) is 2. The maximum absolute atomic E-state index is 14.7. The van der Waals surface area contributed by atoms with Crippen molar-refractivity contribution < 1.29 is 23.4 Å². The molecule has 0 aliphatic carbocycles. The molecule has 0 spiro atoms. The molecule has 0 bridgehead atoms. The van der Waals surface area contributed by atoms with E-state index in [0.717, 1.165) is 11.1 Å². The topological polar surface area (TPSA) is 58.6 Å². The minimum atomic E-state index is -0.784. The van der Waals surface area contributed by atoms with E-state index in [-0.39, 0.29) is 29.0 Å². The van der Waals surface area contributed by atoms with Crippen molar-refractivity contribution in [3.8, 4) is 11.5 Å². The van der Waals surface area contributed by atoms with Crippen molar-refractivity contribution in [2.75, 3.05) is 19.8 Å². The highest BCUT2D eigenvalue weighted by molar-refractivity contribution is 6.32. The van der Waals surface area contributed by atoms with Gasteiger partial charge in [-0.25, -0.2) is 8.78 Å². The number of phenolic OH excluding ortho intramolecular Hbond substituents is 1. The van der Waals surface area contributed by atoms with E-state index in [1.165, 1.54) is 12.1 Å². The Kier molecular flexibility index (Phi) is 8.02. The number of carbonyl (C=O) groups is 1. The number of nitrogens with one attached hydrogen (secondary N) is 1. The lowest BCUT2D eigenvalue weighted by Gasteiger charge is -2.16. The van der Waals surface area contributed by atoms with Crippen molar-refractivity contribution in [2.24, 2.45) is 0 Å². The first-order chi connectivity index (χ1) is 13.8. The molecule has 4 nitrogen and oxygen atoms in total. The van der Waals surface area contributed by atoms with Gasteiger partial charge in [0.2, 0.25) is 0 Å². The van der Waals surface area contributed by atoms with Crippen LogP contribution in [0.15, 0.2) is 30.8 Å². The number of benzene rings is 2. The minimum Gasteiger partial charge on any atom is -0.508 e. The number of aromatic hydroxyl groups is 1. The second kappa shape index (κ2) is 10.3. The highest BCUT2D eigenvalue weighted by Gasteiger charge is 2.18. The number of amides is 1. The first-order valence-electron chi connectivity index (χ1n) is 9.19. The standard InChI is InChI=1S/C22H24ClF2NO3/c1-4-15-11-19(29-12-20(28)26-8-7-24)22(25)21(23)17(15)10-14-5-6-18(27)16(9-14)13(2)3/h4-6,9,11,13,27H,1,7-8,10,12H2,2-3H3,(H,26,28). The van der Waals surface area contributed by atoms with Crippen molar-refractivity contribution in [1.82, 2.24) is 5.32 Å². The molecule has 2 rings (SSSR count). The Hall–Kier alpha value is -2.60. The van der Waals surface area contributed by atoms with Gasteiger partial charge in [-0.1, -0.05) is 50.2 Å². The molecule has 0 saturated heterocycles. The van der Waals surface area contributed by atoms with Gasteiger partial charge in [-0.2, -0.15) is 0 Å². The van der Waals surface area contributed by atoms with Gasteiger partial charge in [0.1, 0.15) is 12.4 Å². The highest BCUT2D eigenvalue weighted by atomic mass is 35.5. The summed E-state index contributed by atoms with van der Waals surface area (Å²) in [5.41, 5.74) is 2.73. The molecule has 0 unspecified atom stereocenters. The lowest BCUT2D eigenvalue weighted by molar-refractivity contribution is -0.123. The van der Waals surface area contributed by atoms with Crippen molar-refractivity contribution in [1.29, 1.82) is 0 Å². The second-order valence-corrected chi connectivity index (χ2v) is 7.20. The first kappa shape index (κ1) is 22.7. The summed E-state index contributed by atoms with van der Waals surface area (Å²) in [6.07, 6.45) is 1.86. The fourth-order valence-corrected chi connectivity index (χ4v) is 3.16. The molecule has 0 aliphatic heterocycles. The van der Waals surface area contributed by atoms with Crippen molar-refractivity contribution >= 4 is 23.6 Å². The molecule has 2 aromatic rings. The number of rotatable bonds is 9. The Morgan fingerprint density at radius 3 is 2.72 bits per heavy atom. The quantitative estimate of drug-likeness (QED) is 0.596. The van der Waals surface area contributed by atoms with Gasteiger partial charge in [0.15, 0.2) is 18.2 Å². The van der Waals surface area contributed by atoms with Crippen molar-refractivity contribution in [2.45, 2.75) is 26.2 Å². The molecule has 7 heteroatoms. The number of hydrogen-bond acceptors (Lipinski definition) is 3. The van der Waals surface area contributed by atoms with E-state index in [1.54, 1.807) is 12.1 Å². The highest BCUT2D eigenvalue weighted by Crippen LogP contribution is 2.35. The summed E-state index contributed by atoms with van der Waals surface area (Å²) in [4.78, 5) is 11.5. The summed E-state index contributed by atoms with van der Waals surface area (Å²) in [6, 6.07) is 6.65. The molecule has 0 saturated carbocycles. The van der Waals surface area contributed by atoms with Gasteiger partial charge >= 0.3 is 0 Å². The van der Waals surface area contributed by atoms with E-state index in [0.29, 0.717) is 17.5 Å². The maximum atomic E-state index is 14.7. The number of alkyl halides is 1. The van der Waals surface area contributed by atoms with E-state index in [1.807, 2.05) is 19.9 Å². The number of phenols is 1. The summed E-state index contributed by atoms with van der Waals surface area (Å²) in [6.45, 7) is 6.39. The molecule has 2 aromatic carbocycles. The van der Waals surface area contributed by atoms with Crippen LogP contribution in [0.3, 0.4) is 0 Å². The molecular formula is C22H24ClF2NO3. The van der Waals surface area contributed by atoms with E-state index < -0.39 is 25.0 Å². The average molecular weight is 424 g/mol. The lowest BCUT2D eigenvalue weighted by Crippen LogP contribution is -2.30. The first-order valence-corrected chi connectivity index (χ1v) is 9.56. The summed E-state index contributed by atoms with van der Waals surface area (Å²) in [7, 11) is 0. The summed E-state index contributed by atoms with van der Waals surface area (Å²) >= 11 is 6.26. The molecule has 0 aliphatic rings. The van der Waals surface area contributed by atoms with Crippen LogP contribution in [0, 0.1) is 5.82 Å². The van der Waals surface area contributed by atoms with E-state index in [4.69, 9.17) is 16.3 Å². The lowest BCUT2D eigenvalue weighted by atomic mass is 9.94. The largest absolute Gasteiger partial charge is 0.508 e. The summed E-state index contributed by atoms with van der Waals surface area (Å²) in [5, 5.41) is 12.2. The SMILES string of the molecule is C=Cc1cc(OCC(=O)NCCF)c(F)c(Cl)c1Cc1ccc(O)c(C(C)C)c1. The van der Waals surface area contributed by atoms with Crippen LogP contribution in [-0.2, 0) is 11.2 Å². The molecule has 0 fully saturated rings. The molecule has 2 N–H and O–H groups in total. The second-order valence-electron chi connectivity index (χ2n) is 6.83. The van der Waals surface area contributed by atoms with Gasteiger partial charge in [0, 0.05) is 6.54 Å². The van der Waals surface area contributed by atoms with Crippen LogP contribution < -0.4 is 10.1 Å². The van der Waals surface area contributed by atoms with Crippen LogP contribution in [0.1, 0.15) is 42.0 Å². The summed E-state index contributed by atoms with van der Waals surface area (Å²) < 4.78 is 32.0. The van der Waals surface area contributed by atoms with Crippen LogP contribution in [0.5, 0.6) is 11.5 Å². The zero-order chi connectivity index (χ0) is 21.6. The normalized spacial score (nSPS) is 10.8. The summed E-state index contributed by atoms with van der Waals surface area (Å²) in [5.74, 6) is -1.20. The fourth-order valence-electron chi connectivity index (χ4n) is 2.89. The zero-order valence-electron chi connectivity index (χ0n) is 16.4. The average Bonchev–Trinajstić information content (AvgIpc) is 2.70. The number of halogens is 3. The van der Waals surface area contributed by atoms with E-state index in [2.05, 4.69) is 11.9 Å². The zero-order valence-corrected chi connectivity index (χ0v) is 17.2. The monoisotopic (exact) mass is 423 g/mol. The predicted molar refractivity (Wildman–Crippen MR) is 111 cm³/mol. The Morgan fingerprint density at radius 1 is 1.38 bits per heavy atom. The molecule has 156 valence electrons. The van der Waals surface area contributed by atoms with Crippen LogP contribution in [0.4, 0.5) is 8.78 Å². The Morgan fingerprint density at radius 2 is 2.10 bits per heavy atom. The third-order valence-electron chi connectivity index (χ3n) is 4.40. The van der Waals surface area contributed by atoms with Crippen molar-refractivity contribution in [3.63, 3.8) is 0 Å². The Labute approximate surface area is 174 Å². The molecule has 29 heavy (non-hydrogen) atoms. The van der Waals surface area contributed by atoms with E-state index >= 15 is 0 Å². The van der Waals surface area contributed by atoms with Gasteiger partial charge in [-0.15, -0.1) is 0 Å².